The van der Waals surface area contributed by atoms with Gasteiger partial charge in [-0.2, -0.15) is 0 Å². The third-order valence-electron chi connectivity index (χ3n) is 2.28. The highest BCUT2D eigenvalue weighted by Gasteiger charge is 2.08. The number of thiophene rings is 1. The normalized spacial score (nSPS) is 11.5. The highest BCUT2D eigenvalue weighted by molar-refractivity contribution is 9.13. The summed E-state index contributed by atoms with van der Waals surface area (Å²) in [6.45, 7) is 0.661. The fraction of sp³-hybridized carbons (Fsp3) is 0.182. The van der Waals surface area contributed by atoms with Crippen molar-refractivity contribution < 1.29 is 8.42 Å². The molecule has 0 radical (unpaired) electrons. The summed E-state index contributed by atoms with van der Waals surface area (Å²) in [6, 6.07) is 5.24. The first-order valence-corrected chi connectivity index (χ1v) is 9.49. The Bertz CT molecular complexity index is 662. The zero-order valence-electron chi connectivity index (χ0n) is 9.85. The van der Waals surface area contributed by atoms with Crippen molar-refractivity contribution in [3.63, 3.8) is 0 Å². The number of pyridine rings is 1. The highest BCUT2D eigenvalue weighted by atomic mass is 79.9. The first-order chi connectivity index (χ1) is 8.86. The molecule has 102 valence electrons. The van der Waals surface area contributed by atoms with Crippen LogP contribution in [0.25, 0.3) is 0 Å². The van der Waals surface area contributed by atoms with Crippen LogP contribution in [0.3, 0.4) is 0 Å². The Hall–Kier alpha value is -0.440. The summed E-state index contributed by atoms with van der Waals surface area (Å²) < 4.78 is 24.6. The van der Waals surface area contributed by atoms with Gasteiger partial charge in [-0.3, -0.25) is 0 Å². The third kappa shape index (κ3) is 4.01. The maximum Gasteiger partial charge on any atom is 0.192 e. The van der Waals surface area contributed by atoms with E-state index in [2.05, 4.69) is 42.2 Å². The molecule has 0 aliphatic carbocycles. The number of hydrogen-bond donors (Lipinski definition) is 1. The van der Waals surface area contributed by atoms with Crippen molar-refractivity contribution in [2.45, 2.75) is 11.6 Å². The van der Waals surface area contributed by atoms with E-state index in [-0.39, 0.29) is 5.03 Å². The molecule has 0 saturated carbocycles. The number of hydrogen-bond acceptors (Lipinski definition) is 5. The van der Waals surface area contributed by atoms with Gasteiger partial charge >= 0.3 is 0 Å². The second-order valence-electron chi connectivity index (χ2n) is 3.85. The molecular formula is C11H10Br2N2O2S2. The van der Waals surface area contributed by atoms with Gasteiger partial charge in [0.1, 0.15) is 0 Å². The number of anilines is 1. The SMILES string of the molecule is CS(=O)(=O)c1ccc(NCc2cc(Br)c(Br)s2)cn1. The molecule has 4 nitrogen and oxygen atoms in total. The van der Waals surface area contributed by atoms with Crippen LogP contribution < -0.4 is 5.32 Å². The number of nitrogens with zero attached hydrogens (tertiary/aromatic N) is 1. The van der Waals surface area contributed by atoms with Gasteiger partial charge in [-0.05, 0) is 50.1 Å². The molecule has 0 atom stereocenters. The lowest BCUT2D eigenvalue weighted by Crippen LogP contribution is -2.02. The van der Waals surface area contributed by atoms with Gasteiger partial charge in [-0.15, -0.1) is 11.3 Å². The van der Waals surface area contributed by atoms with Gasteiger partial charge in [0.15, 0.2) is 14.9 Å². The van der Waals surface area contributed by atoms with Crippen LogP contribution in [-0.4, -0.2) is 19.7 Å². The summed E-state index contributed by atoms with van der Waals surface area (Å²) in [5.41, 5.74) is 0.785. The minimum absolute atomic E-state index is 0.0830. The van der Waals surface area contributed by atoms with Gasteiger partial charge in [-0.25, -0.2) is 13.4 Å². The fourth-order valence-corrected chi connectivity index (χ4v) is 4.05. The Kier molecular flexibility index (Phi) is 4.65. The van der Waals surface area contributed by atoms with Gasteiger partial charge in [0.25, 0.3) is 0 Å². The van der Waals surface area contributed by atoms with E-state index in [1.54, 1.807) is 17.4 Å². The van der Waals surface area contributed by atoms with Gasteiger partial charge in [0.05, 0.1) is 15.7 Å². The summed E-state index contributed by atoms with van der Waals surface area (Å²) in [7, 11) is -3.24. The lowest BCUT2D eigenvalue weighted by Gasteiger charge is -2.04. The monoisotopic (exact) mass is 424 g/mol. The van der Waals surface area contributed by atoms with Crippen molar-refractivity contribution in [2.75, 3.05) is 11.6 Å². The number of nitrogens with one attached hydrogen (secondary N) is 1. The maximum atomic E-state index is 11.3. The highest BCUT2D eigenvalue weighted by Crippen LogP contribution is 2.32. The summed E-state index contributed by atoms with van der Waals surface area (Å²) in [5, 5.41) is 3.27. The Morgan fingerprint density at radius 1 is 1.37 bits per heavy atom. The van der Waals surface area contributed by atoms with Crippen molar-refractivity contribution in [3.8, 4) is 0 Å². The maximum absolute atomic E-state index is 11.3. The number of sulfone groups is 1. The van der Waals surface area contributed by atoms with Crippen LogP contribution in [-0.2, 0) is 16.4 Å². The fourth-order valence-electron chi connectivity index (χ4n) is 1.37. The van der Waals surface area contributed by atoms with Crippen LogP contribution in [0.5, 0.6) is 0 Å². The van der Waals surface area contributed by atoms with Crippen molar-refractivity contribution in [3.05, 3.63) is 37.5 Å². The molecule has 0 amide bonds. The van der Waals surface area contributed by atoms with Crippen LogP contribution in [0, 0.1) is 0 Å². The third-order valence-corrected chi connectivity index (χ3v) is 6.54. The van der Waals surface area contributed by atoms with E-state index in [9.17, 15) is 8.42 Å². The Labute approximate surface area is 132 Å². The minimum atomic E-state index is -3.24. The lowest BCUT2D eigenvalue weighted by atomic mass is 10.4. The predicted octanol–water partition coefficient (Wildman–Crippen LogP) is 3.68. The van der Waals surface area contributed by atoms with Gasteiger partial charge < -0.3 is 5.32 Å². The molecule has 2 heterocycles. The topological polar surface area (TPSA) is 59.1 Å². The smallest absolute Gasteiger partial charge is 0.192 e. The second kappa shape index (κ2) is 5.90. The number of halogens is 2. The van der Waals surface area contributed by atoms with Crippen molar-refractivity contribution in [1.29, 1.82) is 0 Å². The zero-order chi connectivity index (χ0) is 14.0. The summed E-state index contributed by atoms with van der Waals surface area (Å²) in [4.78, 5) is 5.08. The summed E-state index contributed by atoms with van der Waals surface area (Å²) >= 11 is 8.50. The predicted molar refractivity (Wildman–Crippen MR) is 84.4 cm³/mol. The van der Waals surface area contributed by atoms with E-state index >= 15 is 0 Å². The molecule has 0 spiro atoms. The first kappa shape index (κ1) is 15.0. The van der Waals surface area contributed by atoms with E-state index in [1.807, 2.05) is 6.07 Å². The molecule has 2 aromatic heterocycles. The molecule has 0 aromatic carbocycles. The van der Waals surface area contributed by atoms with Gasteiger partial charge in [0, 0.05) is 22.2 Å². The molecule has 0 saturated heterocycles. The molecule has 0 unspecified atom stereocenters. The molecule has 0 fully saturated rings. The second-order valence-corrected chi connectivity index (χ2v) is 9.12. The van der Waals surface area contributed by atoms with E-state index in [0.29, 0.717) is 6.54 Å². The summed E-state index contributed by atoms with van der Waals surface area (Å²) in [6.07, 6.45) is 2.66. The lowest BCUT2D eigenvalue weighted by molar-refractivity contribution is 0.598. The van der Waals surface area contributed by atoms with E-state index < -0.39 is 9.84 Å². The van der Waals surface area contributed by atoms with Gasteiger partial charge in [-0.1, -0.05) is 0 Å². The van der Waals surface area contributed by atoms with Crippen molar-refractivity contribution in [2.24, 2.45) is 0 Å². The van der Waals surface area contributed by atoms with Crippen molar-refractivity contribution >= 4 is 58.7 Å². The molecule has 0 aliphatic heterocycles. The molecule has 0 aliphatic rings. The van der Waals surface area contributed by atoms with Crippen LogP contribution in [0.4, 0.5) is 5.69 Å². The largest absolute Gasteiger partial charge is 0.379 e. The average molecular weight is 426 g/mol. The number of aromatic nitrogens is 1. The van der Waals surface area contributed by atoms with Crippen molar-refractivity contribution in [1.82, 2.24) is 4.98 Å². The van der Waals surface area contributed by atoms with E-state index in [4.69, 9.17) is 0 Å². The standard InChI is InChI=1S/C11H10Br2N2O2S2/c1-19(16,17)10-3-2-7(5-15-10)14-6-8-4-9(12)11(13)18-8/h2-5,14H,6H2,1H3. The first-order valence-electron chi connectivity index (χ1n) is 5.20. The molecule has 8 heteroatoms. The summed E-state index contributed by atoms with van der Waals surface area (Å²) in [5.74, 6) is 0. The zero-order valence-corrected chi connectivity index (χ0v) is 14.7. The van der Waals surface area contributed by atoms with E-state index in [0.717, 1.165) is 25.1 Å². The molecule has 0 bridgehead atoms. The number of rotatable bonds is 4. The molecule has 2 rings (SSSR count). The van der Waals surface area contributed by atoms with Gasteiger partial charge in [0.2, 0.25) is 0 Å². The van der Waals surface area contributed by atoms with Crippen LogP contribution in [0.15, 0.2) is 37.7 Å². The molecular weight excluding hydrogens is 416 g/mol. The van der Waals surface area contributed by atoms with Crippen LogP contribution in [0.2, 0.25) is 0 Å². The Morgan fingerprint density at radius 2 is 2.11 bits per heavy atom. The Morgan fingerprint density at radius 3 is 2.58 bits per heavy atom. The van der Waals surface area contributed by atoms with Crippen LogP contribution in [0.1, 0.15) is 4.88 Å². The molecule has 2 aromatic rings. The van der Waals surface area contributed by atoms with Crippen LogP contribution >= 0.6 is 43.2 Å². The Balaban J connectivity index is 2.04. The average Bonchev–Trinajstić information content (AvgIpc) is 2.66. The molecule has 19 heavy (non-hydrogen) atoms. The van der Waals surface area contributed by atoms with E-state index in [1.165, 1.54) is 12.3 Å². The quantitative estimate of drug-likeness (QED) is 0.811. The molecule has 1 N–H and O–H groups in total. The minimum Gasteiger partial charge on any atom is -0.379 e.